The zero-order chi connectivity index (χ0) is 12.3. The third-order valence-corrected chi connectivity index (χ3v) is 3.87. The molecular formula is C13H19BrN2O. The monoisotopic (exact) mass is 298 g/mol. The van der Waals surface area contributed by atoms with E-state index in [0.717, 1.165) is 42.7 Å². The number of halogens is 1. The van der Waals surface area contributed by atoms with Gasteiger partial charge in [0.25, 0.3) is 0 Å². The van der Waals surface area contributed by atoms with Crippen LogP contribution in [0.4, 0.5) is 0 Å². The minimum atomic E-state index is 0.397. The molecule has 1 aromatic rings. The van der Waals surface area contributed by atoms with Crippen LogP contribution in [0.2, 0.25) is 0 Å². The number of methoxy groups -OCH3 is 1. The van der Waals surface area contributed by atoms with Crippen molar-refractivity contribution in [1.82, 2.24) is 4.90 Å². The van der Waals surface area contributed by atoms with E-state index in [1.165, 1.54) is 5.56 Å². The first-order chi connectivity index (χ1) is 8.19. The van der Waals surface area contributed by atoms with Crippen LogP contribution in [0.15, 0.2) is 22.7 Å². The topological polar surface area (TPSA) is 38.5 Å². The van der Waals surface area contributed by atoms with Crippen LogP contribution in [-0.2, 0) is 6.54 Å². The molecule has 17 heavy (non-hydrogen) atoms. The third-order valence-electron chi connectivity index (χ3n) is 3.25. The minimum Gasteiger partial charge on any atom is -0.496 e. The second-order valence-electron chi connectivity index (χ2n) is 4.58. The van der Waals surface area contributed by atoms with Crippen molar-refractivity contribution in [1.29, 1.82) is 0 Å². The largest absolute Gasteiger partial charge is 0.496 e. The van der Waals surface area contributed by atoms with Gasteiger partial charge in [0.2, 0.25) is 0 Å². The van der Waals surface area contributed by atoms with Gasteiger partial charge in [0, 0.05) is 12.6 Å². The molecule has 4 heteroatoms. The molecule has 1 saturated heterocycles. The first-order valence-electron chi connectivity index (χ1n) is 5.99. The van der Waals surface area contributed by atoms with Crippen molar-refractivity contribution < 1.29 is 4.74 Å². The molecule has 1 aromatic carbocycles. The summed E-state index contributed by atoms with van der Waals surface area (Å²) >= 11 is 3.52. The summed E-state index contributed by atoms with van der Waals surface area (Å²) in [6.45, 7) is 3.20. The lowest BCUT2D eigenvalue weighted by Crippen LogP contribution is -2.39. The van der Waals surface area contributed by atoms with Crippen LogP contribution >= 0.6 is 15.9 Å². The van der Waals surface area contributed by atoms with Gasteiger partial charge in [0.15, 0.2) is 0 Å². The van der Waals surface area contributed by atoms with E-state index < -0.39 is 0 Å². The second-order valence-corrected chi connectivity index (χ2v) is 5.44. The minimum absolute atomic E-state index is 0.397. The SMILES string of the molecule is COc1ccc(CN2CCC(N)CC2)cc1Br. The van der Waals surface area contributed by atoms with E-state index in [-0.39, 0.29) is 0 Å². The van der Waals surface area contributed by atoms with Crippen molar-refractivity contribution in [3.05, 3.63) is 28.2 Å². The van der Waals surface area contributed by atoms with E-state index in [2.05, 4.69) is 33.0 Å². The Morgan fingerprint density at radius 2 is 2.12 bits per heavy atom. The van der Waals surface area contributed by atoms with Crippen molar-refractivity contribution in [2.24, 2.45) is 5.73 Å². The first-order valence-corrected chi connectivity index (χ1v) is 6.78. The summed E-state index contributed by atoms with van der Waals surface area (Å²) in [5, 5.41) is 0. The molecule has 1 aliphatic heterocycles. The van der Waals surface area contributed by atoms with Crippen molar-refractivity contribution in [3.8, 4) is 5.75 Å². The highest BCUT2D eigenvalue weighted by molar-refractivity contribution is 9.10. The molecule has 1 fully saturated rings. The highest BCUT2D eigenvalue weighted by atomic mass is 79.9. The summed E-state index contributed by atoms with van der Waals surface area (Å²) in [4.78, 5) is 2.46. The highest BCUT2D eigenvalue weighted by Crippen LogP contribution is 2.26. The molecule has 0 aromatic heterocycles. The Balaban J connectivity index is 1.97. The predicted molar refractivity (Wildman–Crippen MR) is 73.2 cm³/mol. The van der Waals surface area contributed by atoms with Gasteiger partial charge in [-0.3, -0.25) is 4.90 Å². The molecule has 0 saturated carbocycles. The molecule has 3 nitrogen and oxygen atoms in total. The maximum Gasteiger partial charge on any atom is 0.133 e. The Kier molecular flexibility index (Phi) is 4.42. The highest BCUT2D eigenvalue weighted by Gasteiger charge is 2.16. The number of likely N-dealkylation sites (tertiary alicyclic amines) is 1. The van der Waals surface area contributed by atoms with Crippen molar-refractivity contribution in [3.63, 3.8) is 0 Å². The van der Waals surface area contributed by atoms with Gasteiger partial charge < -0.3 is 10.5 Å². The fourth-order valence-corrected chi connectivity index (χ4v) is 2.77. The Morgan fingerprint density at radius 1 is 1.41 bits per heavy atom. The Bertz CT molecular complexity index is 376. The molecule has 0 radical (unpaired) electrons. The molecule has 2 N–H and O–H groups in total. The van der Waals surface area contributed by atoms with Crippen LogP contribution in [0.1, 0.15) is 18.4 Å². The van der Waals surface area contributed by atoms with Crippen LogP contribution in [0, 0.1) is 0 Å². The van der Waals surface area contributed by atoms with Crippen molar-refractivity contribution >= 4 is 15.9 Å². The smallest absolute Gasteiger partial charge is 0.133 e. The lowest BCUT2D eigenvalue weighted by atomic mass is 10.1. The van der Waals surface area contributed by atoms with Gasteiger partial charge in [-0.1, -0.05) is 6.07 Å². The summed E-state index contributed by atoms with van der Waals surface area (Å²) in [5.74, 6) is 0.884. The van der Waals surface area contributed by atoms with Gasteiger partial charge >= 0.3 is 0 Å². The molecule has 0 unspecified atom stereocenters. The van der Waals surface area contributed by atoms with Crippen LogP contribution in [-0.4, -0.2) is 31.1 Å². The van der Waals surface area contributed by atoms with Gasteiger partial charge in [-0.15, -0.1) is 0 Å². The van der Waals surface area contributed by atoms with Crippen molar-refractivity contribution in [2.75, 3.05) is 20.2 Å². The summed E-state index contributed by atoms with van der Waals surface area (Å²) < 4.78 is 6.25. The van der Waals surface area contributed by atoms with Crippen LogP contribution in [0.3, 0.4) is 0 Å². The molecule has 1 heterocycles. The van der Waals surface area contributed by atoms with E-state index >= 15 is 0 Å². The molecule has 0 bridgehead atoms. The number of ether oxygens (including phenoxy) is 1. The van der Waals surface area contributed by atoms with Gasteiger partial charge in [-0.05, 0) is 59.6 Å². The second kappa shape index (κ2) is 5.85. The van der Waals surface area contributed by atoms with Gasteiger partial charge in [0.05, 0.1) is 11.6 Å². The molecule has 94 valence electrons. The summed E-state index contributed by atoms with van der Waals surface area (Å²) in [5.41, 5.74) is 7.21. The summed E-state index contributed by atoms with van der Waals surface area (Å²) in [6.07, 6.45) is 2.22. The lowest BCUT2D eigenvalue weighted by molar-refractivity contribution is 0.205. The van der Waals surface area contributed by atoms with Gasteiger partial charge in [0.1, 0.15) is 5.75 Å². The number of nitrogens with two attached hydrogens (primary N) is 1. The molecule has 0 spiro atoms. The predicted octanol–water partition coefficient (Wildman–Crippen LogP) is 2.38. The zero-order valence-electron chi connectivity index (χ0n) is 10.2. The van der Waals surface area contributed by atoms with E-state index in [9.17, 15) is 0 Å². The van der Waals surface area contributed by atoms with Gasteiger partial charge in [-0.25, -0.2) is 0 Å². The number of hydrogen-bond donors (Lipinski definition) is 1. The number of hydrogen-bond acceptors (Lipinski definition) is 3. The average Bonchev–Trinajstić information content (AvgIpc) is 2.32. The molecular weight excluding hydrogens is 280 g/mol. The maximum absolute atomic E-state index is 5.90. The van der Waals surface area contributed by atoms with Crippen LogP contribution in [0.25, 0.3) is 0 Å². The molecule has 0 aliphatic carbocycles. The Labute approximate surface area is 111 Å². The van der Waals surface area contributed by atoms with E-state index in [1.54, 1.807) is 7.11 Å². The van der Waals surface area contributed by atoms with E-state index in [0.29, 0.717) is 6.04 Å². The Morgan fingerprint density at radius 3 is 2.71 bits per heavy atom. The van der Waals surface area contributed by atoms with Gasteiger partial charge in [-0.2, -0.15) is 0 Å². The lowest BCUT2D eigenvalue weighted by Gasteiger charge is -2.30. The fourth-order valence-electron chi connectivity index (χ4n) is 2.18. The van der Waals surface area contributed by atoms with Crippen molar-refractivity contribution in [2.45, 2.75) is 25.4 Å². The quantitative estimate of drug-likeness (QED) is 0.931. The zero-order valence-corrected chi connectivity index (χ0v) is 11.7. The van der Waals surface area contributed by atoms with Crippen LogP contribution in [0.5, 0.6) is 5.75 Å². The number of piperidine rings is 1. The molecule has 0 atom stereocenters. The third kappa shape index (κ3) is 3.44. The molecule has 2 rings (SSSR count). The number of nitrogens with zero attached hydrogens (tertiary/aromatic N) is 1. The molecule has 0 amide bonds. The molecule has 1 aliphatic rings. The average molecular weight is 299 g/mol. The normalized spacial score (nSPS) is 18.3. The fraction of sp³-hybridized carbons (Fsp3) is 0.538. The number of benzene rings is 1. The summed E-state index contributed by atoms with van der Waals surface area (Å²) in [7, 11) is 1.69. The van der Waals surface area contributed by atoms with E-state index in [4.69, 9.17) is 10.5 Å². The Hall–Kier alpha value is -0.580. The maximum atomic E-state index is 5.90. The summed E-state index contributed by atoms with van der Waals surface area (Å²) in [6, 6.07) is 6.66. The number of rotatable bonds is 3. The van der Waals surface area contributed by atoms with E-state index in [1.807, 2.05) is 6.07 Å². The standard InChI is InChI=1S/C13H19BrN2O/c1-17-13-3-2-10(8-12(13)14)9-16-6-4-11(15)5-7-16/h2-3,8,11H,4-7,9,15H2,1H3. The first kappa shape index (κ1) is 12.9. The van der Waals surface area contributed by atoms with Crippen LogP contribution < -0.4 is 10.5 Å².